The molecule has 2 aromatic rings. The highest BCUT2D eigenvalue weighted by Crippen LogP contribution is 2.48. The first kappa shape index (κ1) is 17.8. The Morgan fingerprint density at radius 2 is 2.00 bits per heavy atom. The average Bonchev–Trinajstić information content (AvgIpc) is 2.86. The van der Waals surface area contributed by atoms with Crippen molar-refractivity contribution in [2.45, 2.75) is 25.0 Å². The molecule has 0 unspecified atom stereocenters. The lowest BCUT2D eigenvalue weighted by molar-refractivity contribution is -0.151. The van der Waals surface area contributed by atoms with Crippen LogP contribution in [-0.4, -0.2) is 18.6 Å². The normalized spacial score (nSPS) is 24.2. The monoisotopic (exact) mass is 477 g/mol. The zero-order chi connectivity index (χ0) is 18.3. The molecule has 4 nitrogen and oxygen atoms in total. The van der Waals surface area contributed by atoms with Gasteiger partial charge in [-0.25, -0.2) is 0 Å². The second-order valence-electron chi connectivity index (χ2n) is 6.55. The number of rotatable bonds is 3. The lowest BCUT2D eigenvalue weighted by Crippen LogP contribution is -2.44. The summed E-state index contributed by atoms with van der Waals surface area (Å²) in [5.41, 5.74) is 1.76. The second-order valence-corrected chi connectivity index (χ2v) is 8.32. The van der Waals surface area contributed by atoms with Gasteiger partial charge in [-0.3, -0.25) is 4.79 Å². The van der Waals surface area contributed by atoms with Crippen LogP contribution in [0.1, 0.15) is 18.9 Å². The third-order valence-corrected chi connectivity index (χ3v) is 5.80. The Morgan fingerprint density at radius 3 is 2.77 bits per heavy atom. The lowest BCUT2D eigenvalue weighted by Gasteiger charge is -2.36. The fraction of sp³-hybridized carbons (Fsp3) is 0.250. The second kappa shape index (κ2) is 6.83. The average molecular weight is 479 g/mol. The van der Waals surface area contributed by atoms with Crippen molar-refractivity contribution < 1.29 is 14.3 Å². The molecule has 2 atom stereocenters. The first-order valence-corrected chi connectivity index (χ1v) is 9.90. The van der Waals surface area contributed by atoms with E-state index in [0.717, 1.165) is 31.5 Å². The highest BCUT2D eigenvalue weighted by Gasteiger charge is 2.52. The van der Waals surface area contributed by atoms with Gasteiger partial charge in [0.2, 0.25) is 0 Å². The predicted octanol–water partition coefficient (Wildman–Crippen LogP) is 5.17. The number of anilines is 1. The number of hydrogen-bond donors (Lipinski definition) is 1. The van der Waals surface area contributed by atoms with E-state index in [2.05, 4.69) is 37.2 Å². The minimum atomic E-state index is -1.01. The molecule has 0 saturated carbocycles. The maximum Gasteiger partial charge on any atom is 0.261 e. The topological polar surface area (TPSA) is 47.6 Å². The molecule has 6 heteroatoms. The Hall–Kier alpha value is -1.63. The van der Waals surface area contributed by atoms with E-state index in [-0.39, 0.29) is 12.0 Å². The van der Waals surface area contributed by atoms with E-state index in [0.29, 0.717) is 13.0 Å². The van der Waals surface area contributed by atoms with Crippen molar-refractivity contribution in [3.63, 3.8) is 0 Å². The van der Waals surface area contributed by atoms with Crippen LogP contribution in [0.15, 0.2) is 63.1 Å². The Labute approximate surface area is 168 Å². The minimum Gasteiger partial charge on any atom is -0.491 e. The minimum absolute atomic E-state index is 0.125. The molecule has 0 fully saturated rings. The van der Waals surface area contributed by atoms with Crippen molar-refractivity contribution in [1.82, 2.24) is 0 Å². The first-order valence-electron chi connectivity index (χ1n) is 8.32. The smallest absolute Gasteiger partial charge is 0.261 e. The van der Waals surface area contributed by atoms with Crippen LogP contribution < -0.4 is 10.1 Å². The van der Waals surface area contributed by atoms with E-state index in [4.69, 9.17) is 9.47 Å². The summed E-state index contributed by atoms with van der Waals surface area (Å²) in [4.78, 5) is 12.8. The molecule has 2 aliphatic rings. The summed E-state index contributed by atoms with van der Waals surface area (Å²) in [6.45, 7) is 2.37. The lowest BCUT2D eigenvalue weighted by atomic mass is 9.85. The number of benzene rings is 2. The molecule has 0 saturated heterocycles. The number of hydrogen-bond acceptors (Lipinski definition) is 3. The highest BCUT2D eigenvalue weighted by atomic mass is 79.9. The van der Waals surface area contributed by atoms with E-state index in [1.165, 1.54) is 0 Å². The van der Waals surface area contributed by atoms with Gasteiger partial charge in [0.15, 0.2) is 5.60 Å². The largest absolute Gasteiger partial charge is 0.491 e. The molecule has 134 valence electrons. The summed E-state index contributed by atoms with van der Waals surface area (Å²) in [6, 6.07) is 13.4. The number of carbonyl (C=O) groups excluding carboxylic acids is 1. The van der Waals surface area contributed by atoms with Crippen LogP contribution in [0.25, 0.3) is 0 Å². The summed E-state index contributed by atoms with van der Waals surface area (Å²) >= 11 is 6.99. The summed E-state index contributed by atoms with van der Waals surface area (Å²) in [7, 11) is 0. The van der Waals surface area contributed by atoms with Crippen LogP contribution in [0, 0.1) is 0 Å². The Morgan fingerprint density at radius 1 is 1.23 bits per heavy atom. The molecule has 2 aromatic carbocycles. The molecule has 0 radical (unpaired) electrons. The number of fused-ring (bicyclic) bond motifs is 2. The summed E-state index contributed by atoms with van der Waals surface area (Å²) in [6.07, 6.45) is 2.26. The van der Waals surface area contributed by atoms with E-state index < -0.39 is 5.60 Å². The van der Waals surface area contributed by atoms with E-state index in [1.54, 1.807) is 0 Å². The predicted molar refractivity (Wildman–Crippen MR) is 107 cm³/mol. The molecule has 4 rings (SSSR count). The van der Waals surface area contributed by atoms with Gasteiger partial charge in [-0.1, -0.05) is 49.6 Å². The van der Waals surface area contributed by atoms with Gasteiger partial charge in [-0.2, -0.15) is 0 Å². The van der Waals surface area contributed by atoms with Crippen LogP contribution >= 0.6 is 31.9 Å². The van der Waals surface area contributed by atoms with E-state index in [9.17, 15) is 4.79 Å². The van der Waals surface area contributed by atoms with Crippen LogP contribution in [0.4, 0.5) is 5.69 Å². The molecular formula is C20H17Br2NO3. The molecule has 1 amide bonds. The molecule has 0 aliphatic carbocycles. The van der Waals surface area contributed by atoms with Gasteiger partial charge < -0.3 is 14.8 Å². The van der Waals surface area contributed by atoms with Crippen molar-refractivity contribution in [1.29, 1.82) is 0 Å². The van der Waals surface area contributed by atoms with Crippen LogP contribution in [0.2, 0.25) is 0 Å². The highest BCUT2D eigenvalue weighted by molar-refractivity contribution is 9.10. The number of carbonyl (C=O) groups is 1. The number of nitrogens with one attached hydrogen (secondary N) is 1. The third-order valence-electron chi connectivity index (χ3n) is 4.61. The zero-order valence-electron chi connectivity index (χ0n) is 14.1. The van der Waals surface area contributed by atoms with Crippen LogP contribution in [0.5, 0.6) is 5.75 Å². The Bertz CT molecular complexity index is 894. The molecule has 2 heterocycles. The van der Waals surface area contributed by atoms with Gasteiger partial charge >= 0.3 is 0 Å². The van der Waals surface area contributed by atoms with Gasteiger partial charge in [-0.15, -0.1) is 0 Å². The van der Waals surface area contributed by atoms with Gasteiger partial charge in [-0.05, 0) is 43.3 Å². The number of halogens is 2. The maximum atomic E-state index is 12.8. The fourth-order valence-electron chi connectivity index (χ4n) is 3.55. The van der Waals surface area contributed by atoms with Crippen LogP contribution in [-0.2, 0) is 15.1 Å². The molecular weight excluding hydrogens is 462 g/mol. The maximum absolute atomic E-state index is 12.8. The number of amides is 1. The zero-order valence-corrected chi connectivity index (χ0v) is 17.3. The Balaban J connectivity index is 1.60. The Kier molecular flexibility index (Phi) is 4.67. The molecule has 2 aliphatic heterocycles. The molecule has 0 bridgehead atoms. The third kappa shape index (κ3) is 3.10. The van der Waals surface area contributed by atoms with Crippen LogP contribution in [0.3, 0.4) is 0 Å². The van der Waals surface area contributed by atoms with Crippen molar-refractivity contribution in [2.75, 3.05) is 11.9 Å². The van der Waals surface area contributed by atoms with Crippen molar-refractivity contribution in [3.8, 4) is 5.75 Å². The fourth-order valence-corrected chi connectivity index (χ4v) is 4.50. The molecule has 0 aromatic heterocycles. The van der Waals surface area contributed by atoms with Gasteiger partial charge in [0.25, 0.3) is 5.91 Å². The van der Waals surface area contributed by atoms with E-state index >= 15 is 0 Å². The van der Waals surface area contributed by atoms with Crippen molar-refractivity contribution in [2.24, 2.45) is 0 Å². The summed E-state index contributed by atoms with van der Waals surface area (Å²) in [5, 5.41) is 2.95. The van der Waals surface area contributed by atoms with E-state index in [1.807, 2.05) is 55.5 Å². The SMILES string of the molecule is CC1=C[C@@H](COc2ccc(Br)cc2)O[C@@]2(C1)C(=O)Nc1cccc(Br)c12. The molecule has 1 N–H and O–H groups in total. The van der Waals surface area contributed by atoms with Gasteiger partial charge in [0.05, 0.1) is 0 Å². The molecule has 1 spiro atoms. The molecule has 26 heavy (non-hydrogen) atoms. The number of ether oxygens (including phenoxy) is 2. The van der Waals surface area contributed by atoms with Gasteiger partial charge in [0.1, 0.15) is 18.5 Å². The quantitative estimate of drug-likeness (QED) is 0.618. The van der Waals surface area contributed by atoms with Crippen molar-refractivity contribution in [3.05, 3.63) is 68.6 Å². The summed E-state index contributed by atoms with van der Waals surface area (Å²) in [5.74, 6) is 0.639. The summed E-state index contributed by atoms with van der Waals surface area (Å²) < 4.78 is 14.1. The van der Waals surface area contributed by atoms with Gasteiger partial charge in [0, 0.05) is 26.6 Å². The standard InChI is InChI=1S/C20H17Br2NO3/c1-12-9-15(11-25-14-7-5-13(21)6-8-14)26-20(10-12)18-16(22)3-2-4-17(18)23-19(20)24/h2-9,15H,10-11H2,1H3,(H,23,24)/t15-,20+/m0/s1. The first-order chi connectivity index (χ1) is 12.5. The van der Waals surface area contributed by atoms with Crippen molar-refractivity contribution >= 4 is 43.5 Å².